The summed E-state index contributed by atoms with van der Waals surface area (Å²) in [4.78, 5) is 0. The number of ether oxygens (including phenoxy) is 2. The molecule has 1 aromatic carbocycles. The fourth-order valence-electron chi connectivity index (χ4n) is 1.59. The van der Waals surface area contributed by atoms with Crippen molar-refractivity contribution in [3.8, 4) is 5.75 Å². The van der Waals surface area contributed by atoms with Crippen molar-refractivity contribution in [2.45, 2.75) is 25.4 Å². The van der Waals surface area contributed by atoms with E-state index in [2.05, 4.69) is 18.7 Å². The Hall–Kier alpha value is -1.28. The van der Waals surface area contributed by atoms with Crippen LogP contribution in [0.1, 0.15) is 18.4 Å². The molecule has 0 radical (unpaired) electrons. The van der Waals surface area contributed by atoms with Gasteiger partial charge < -0.3 is 9.47 Å². The van der Waals surface area contributed by atoms with E-state index in [1.165, 1.54) is 5.56 Å². The first kappa shape index (κ1) is 11.2. The van der Waals surface area contributed by atoms with Crippen LogP contribution in [0.5, 0.6) is 5.75 Å². The second-order valence-corrected chi connectivity index (χ2v) is 4.09. The quantitative estimate of drug-likeness (QED) is 0.398. The highest BCUT2D eigenvalue weighted by molar-refractivity contribution is 5.28. The Bertz CT molecular complexity index is 342. The Morgan fingerprint density at radius 1 is 1.50 bits per heavy atom. The van der Waals surface area contributed by atoms with E-state index in [1.54, 1.807) is 0 Å². The predicted molar refractivity (Wildman–Crippen MR) is 64.8 cm³/mol. The van der Waals surface area contributed by atoms with Crippen LogP contribution in [0.25, 0.3) is 0 Å². The molecule has 86 valence electrons. The molecule has 1 heterocycles. The van der Waals surface area contributed by atoms with Crippen molar-refractivity contribution in [2.75, 3.05) is 13.2 Å². The lowest BCUT2D eigenvalue weighted by atomic mass is 10.1. The Balaban J connectivity index is 1.82. The van der Waals surface area contributed by atoms with Crippen LogP contribution in [0.3, 0.4) is 0 Å². The number of rotatable bonds is 7. The number of epoxide rings is 1. The van der Waals surface area contributed by atoms with E-state index in [0.717, 1.165) is 31.6 Å². The molecule has 16 heavy (non-hydrogen) atoms. The zero-order chi connectivity index (χ0) is 11.2. The van der Waals surface area contributed by atoms with Crippen LogP contribution in [-0.2, 0) is 11.2 Å². The summed E-state index contributed by atoms with van der Waals surface area (Å²) >= 11 is 0. The molecular formula is C14H18O2. The first-order valence-corrected chi connectivity index (χ1v) is 5.83. The third-order valence-corrected chi connectivity index (χ3v) is 2.61. The number of hydrogen-bond donors (Lipinski definition) is 0. The summed E-state index contributed by atoms with van der Waals surface area (Å²) in [6, 6.07) is 8.31. The fourth-order valence-corrected chi connectivity index (χ4v) is 1.59. The summed E-state index contributed by atoms with van der Waals surface area (Å²) in [5.41, 5.74) is 1.33. The van der Waals surface area contributed by atoms with Crippen molar-refractivity contribution in [2.24, 2.45) is 0 Å². The summed E-state index contributed by atoms with van der Waals surface area (Å²) < 4.78 is 10.7. The van der Waals surface area contributed by atoms with Crippen molar-refractivity contribution in [1.82, 2.24) is 0 Å². The van der Waals surface area contributed by atoms with Crippen molar-refractivity contribution < 1.29 is 9.47 Å². The average Bonchev–Trinajstić information content (AvgIpc) is 3.11. The molecule has 1 saturated heterocycles. The lowest BCUT2D eigenvalue weighted by Crippen LogP contribution is -2.04. The number of aryl methyl sites for hydroxylation is 1. The Labute approximate surface area is 96.9 Å². The zero-order valence-electron chi connectivity index (χ0n) is 9.52. The molecule has 1 fully saturated rings. The van der Waals surface area contributed by atoms with Gasteiger partial charge in [0.25, 0.3) is 0 Å². The van der Waals surface area contributed by atoms with Gasteiger partial charge in [-0.1, -0.05) is 18.2 Å². The minimum Gasteiger partial charge on any atom is -0.491 e. The molecule has 2 rings (SSSR count). The normalized spacial score (nSPS) is 18.1. The second kappa shape index (κ2) is 5.71. The molecule has 1 atom stereocenters. The summed E-state index contributed by atoms with van der Waals surface area (Å²) in [6.07, 6.45) is 5.59. The van der Waals surface area contributed by atoms with Crippen molar-refractivity contribution in [3.05, 3.63) is 42.5 Å². The van der Waals surface area contributed by atoms with Crippen LogP contribution in [0.4, 0.5) is 0 Å². The fraction of sp³-hybridized carbons (Fsp3) is 0.429. The largest absolute Gasteiger partial charge is 0.491 e. The van der Waals surface area contributed by atoms with E-state index < -0.39 is 0 Å². The van der Waals surface area contributed by atoms with E-state index in [9.17, 15) is 0 Å². The molecule has 1 aliphatic heterocycles. The van der Waals surface area contributed by atoms with E-state index in [-0.39, 0.29) is 0 Å². The molecule has 0 spiro atoms. The molecule has 0 aliphatic carbocycles. The number of benzene rings is 1. The lowest BCUT2D eigenvalue weighted by molar-refractivity contribution is 0.263. The molecule has 0 N–H and O–H groups in total. The molecule has 1 aliphatic rings. The van der Waals surface area contributed by atoms with E-state index >= 15 is 0 Å². The summed E-state index contributed by atoms with van der Waals surface area (Å²) in [5.74, 6) is 0.951. The van der Waals surface area contributed by atoms with Gasteiger partial charge in [0.05, 0.1) is 6.61 Å². The van der Waals surface area contributed by atoms with Gasteiger partial charge in [-0.05, 0) is 37.0 Å². The topological polar surface area (TPSA) is 21.8 Å². The van der Waals surface area contributed by atoms with Gasteiger partial charge in [-0.3, -0.25) is 0 Å². The molecule has 2 heteroatoms. The summed E-state index contributed by atoms with van der Waals surface area (Å²) in [6.45, 7) is 5.25. The molecular weight excluding hydrogens is 200 g/mol. The Kier molecular flexibility index (Phi) is 4.00. The average molecular weight is 218 g/mol. The van der Waals surface area contributed by atoms with Gasteiger partial charge in [0.15, 0.2) is 0 Å². The van der Waals surface area contributed by atoms with Crippen LogP contribution in [-0.4, -0.2) is 19.3 Å². The van der Waals surface area contributed by atoms with Gasteiger partial charge in [0.1, 0.15) is 18.5 Å². The molecule has 0 aromatic heterocycles. The third-order valence-electron chi connectivity index (χ3n) is 2.61. The molecule has 1 aromatic rings. The minimum atomic E-state index is 0.324. The highest BCUT2D eigenvalue weighted by Crippen LogP contribution is 2.17. The Morgan fingerprint density at radius 2 is 2.38 bits per heavy atom. The van der Waals surface area contributed by atoms with Crippen molar-refractivity contribution in [3.63, 3.8) is 0 Å². The molecule has 0 bridgehead atoms. The maximum Gasteiger partial charge on any atom is 0.119 e. The van der Waals surface area contributed by atoms with Crippen molar-refractivity contribution >= 4 is 0 Å². The monoisotopic (exact) mass is 218 g/mol. The van der Waals surface area contributed by atoms with Crippen LogP contribution in [0, 0.1) is 0 Å². The lowest BCUT2D eigenvalue weighted by Gasteiger charge is -2.06. The molecule has 2 nitrogen and oxygen atoms in total. The van der Waals surface area contributed by atoms with Gasteiger partial charge in [0, 0.05) is 0 Å². The van der Waals surface area contributed by atoms with Gasteiger partial charge in [-0.15, -0.1) is 6.58 Å². The second-order valence-electron chi connectivity index (χ2n) is 4.09. The van der Waals surface area contributed by atoms with E-state index in [4.69, 9.17) is 9.47 Å². The van der Waals surface area contributed by atoms with Gasteiger partial charge >= 0.3 is 0 Å². The van der Waals surface area contributed by atoms with Crippen molar-refractivity contribution in [1.29, 1.82) is 0 Å². The van der Waals surface area contributed by atoms with Crippen LogP contribution >= 0.6 is 0 Å². The maximum atomic E-state index is 5.63. The first-order chi connectivity index (χ1) is 7.88. The van der Waals surface area contributed by atoms with Crippen LogP contribution < -0.4 is 4.74 Å². The van der Waals surface area contributed by atoms with Crippen LogP contribution in [0.2, 0.25) is 0 Å². The standard InChI is InChI=1S/C14H18O2/c1-2-3-4-6-12-7-5-8-13(9-12)15-10-14-11-16-14/h2,5,7-9,14H,1,3-4,6,10-11H2. The molecule has 0 saturated carbocycles. The number of allylic oxidation sites excluding steroid dienone is 1. The van der Waals surface area contributed by atoms with Gasteiger partial charge in [-0.25, -0.2) is 0 Å². The van der Waals surface area contributed by atoms with Gasteiger partial charge in [0.2, 0.25) is 0 Å². The SMILES string of the molecule is C=CCCCc1cccc(OCC2CO2)c1. The maximum absolute atomic E-state index is 5.63. The molecule has 1 unspecified atom stereocenters. The Morgan fingerprint density at radius 3 is 3.12 bits per heavy atom. The van der Waals surface area contributed by atoms with Crippen LogP contribution in [0.15, 0.2) is 36.9 Å². The minimum absolute atomic E-state index is 0.324. The third kappa shape index (κ3) is 3.70. The zero-order valence-corrected chi connectivity index (χ0v) is 9.52. The highest BCUT2D eigenvalue weighted by atomic mass is 16.6. The smallest absolute Gasteiger partial charge is 0.119 e. The van der Waals surface area contributed by atoms with E-state index in [0.29, 0.717) is 12.7 Å². The number of unbranched alkanes of at least 4 members (excludes halogenated alkanes) is 1. The summed E-state index contributed by atoms with van der Waals surface area (Å²) in [5, 5.41) is 0. The van der Waals surface area contributed by atoms with Gasteiger partial charge in [-0.2, -0.15) is 0 Å². The molecule has 0 amide bonds. The predicted octanol–water partition coefficient (Wildman–Crippen LogP) is 2.97. The highest BCUT2D eigenvalue weighted by Gasteiger charge is 2.22. The van der Waals surface area contributed by atoms with E-state index in [1.807, 2.05) is 18.2 Å². The number of hydrogen-bond acceptors (Lipinski definition) is 2. The first-order valence-electron chi connectivity index (χ1n) is 5.83. The summed E-state index contributed by atoms with van der Waals surface area (Å²) in [7, 11) is 0.